The van der Waals surface area contributed by atoms with Crippen molar-refractivity contribution in [2.45, 2.75) is 20.8 Å². The van der Waals surface area contributed by atoms with Crippen LogP contribution in [0.1, 0.15) is 16.7 Å². The molecule has 0 amide bonds. The molecule has 5 heteroatoms. The highest BCUT2D eigenvalue weighted by molar-refractivity contribution is 6.15. The predicted octanol–water partition coefficient (Wildman–Crippen LogP) is 6.81. The summed E-state index contributed by atoms with van der Waals surface area (Å²) >= 11 is 0. The number of nitrogens with zero attached hydrogens (tertiary/aromatic N) is 3. The van der Waals surface area contributed by atoms with Crippen LogP contribution < -0.4 is 0 Å². The molecule has 0 spiro atoms. The number of halogens is 1. The minimum absolute atomic E-state index is 0.193. The van der Waals surface area contributed by atoms with E-state index in [0.29, 0.717) is 16.8 Å². The molecule has 0 saturated heterocycles. The zero-order valence-corrected chi connectivity index (χ0v) is 17.3. The molecule has 0 N–H and O–H groups in total. The normalized spacial score (nSPS) is 11.9. The van der Waals surface area contributed by atoms with Gasteiger partial charge in [0.1, 0.15) is 17.7 Å². The number of hydrogen-bond acceptors (Lipinski definition) is 4. The molecule has 0 aliphatic carbocycles. The van der Waals surface area contributed by atoms with E-state index >= 15 is 0 Å². The van der Waals surface area contributed by atoms with Gasteiger partial charge in [-0.2, -0.15) is 0 Å². The Labute approximate surface area is 177 Å². The highest BCUT2D eigenvalue weighted by Gasteiger charge is 2.19. The summed E-state index contributed by atoms with van der Waals surface area (Å²) in [5.41, 5.74) is 6.07. The van der Waals surface area contributed by atoms with Gasteiger partial charge in [0.2, 0.25) is 5.71 Å². The highest BCUT2D eigenvalue weighted by atomic mass is 19.1. The fraction of sp³-hybridized carbons (Fsp3) is 0.115. The largest absolute Gasteiger partial charge is 0.437 e. The average Bonchev–Trinajstić information content (AvgIpc) is 3.17. The third-order valence-electron chi connectivity index (χ3n) is 6.12. The van der Waals surface area contributed by atoms with Crippen LogP contribution >= 0.6 is 0 Å². The molecule has 31 heavy (non-hydrogen) atoms. The summed E-state index contributed by atoms with van der Waals surface area (Å²) in [6.45, 7) is 5.66. The smallest absolute Gasteiger partial charge is 0.227 e. The van der Waals surface area contributed by atoms with Crippen LogP contribution in [0.2, 0.25) is 0 Å². The van der Waals surface area contributed by atoms with Crippen molar-refractivity contribution in [2.24, 2.45) is 0 Å². The topological polar surface area (TPSA) is 51.8 Å². The molecule has 4 nitrogen and oxygen atoms in total. The Morgan fingerprint density at radius 2 is 1.71 bits per heavy atom. The Morgan fingerprint density at radius 1 is 0.839 bits per heavy atom. The fourth-order valence-corrected chi connectivity index (χ4v) is 4.64. The zero-order chi connectivity index (χ0) is 21.3. The maximum Gasteiger partial charge on any atom is 0.227 e. The van der Waals surface area contributed by atoms with Crippen molar-refractivity contribution in [1.82, 2.24) is 15.0 Å². The van der Waals surface area contributed by atoms with Gasteiger partial charge in [-0.25, -0.2) is 19.3 Å². The van der Waals surface area contributed by atoms with Crippen molar-refractivity contribution in [2.75, 3.05) is 0 Å². The van der Waals surface area contributed by atoms with E-state index in [1.807, 2.05) is 36.4 Å². The summed E-state index contributed by atoms with van der Waals surface area (Å²) in [6.07, 6.45) is 3.27. The van der Waals surface area contributed by atoms with Gasteiger partial charge in [-0.3, -0.25) is 0 Å². The number of fused-ring (bicyclic) bond motifs is 6. The number of pyridine rings is 1. The lowest BCUT2D eigenvalue weighted by molar-refractivity contribution is 0.612. The first-order valence-electron chi connectivity index (χ1n) is 10.1. The maximum absolute atomic E-state index is 14.7. The van der Waals surface area contributed by atoms with Crippen LogP contribution in [0.25, 0.3) is 55.0 Å². The summed E-state index contributed by atoms with van der Waals surface area (Å²) in [5.74, 6) is -0.193. The van der Waals surface area contributed by atoms with Gasteiger partial charge >= 0.3 is 0 Å². The molecule has 0 unspecified atom stereocenters. The predicted molar refractivity (Wildman–Crippen MR) is 122 cm³/mol. The Balaban J connectivity index is 1.75. The number of furan rings is 1. The number of rotatable bonds is 1. The standard InChI is InChI=1S/C26H18FN3O/c1-13-6-8-19(25-20(13)17-5-4-10-28-26(17)31-25)23-18-9-7-16-11-14(2)22(27)15(3)21(16)24(18)30-12-29-23/h4-12H,1-3H3. The fourth-order valence-electron chi connectivity index (χ4n) is 4.64. The molecular weight excluding hydrogens is 389 g/mol. The van der Waals surface area contributed by atoms with Gasteiger partial charge in [0.15, 0.2) is 0 Å². The summed E-state index contributed by atoms with van der Waals surface area (Å²) in [7, 11) is 0. The minimum Gasteiger partial charge on any atom is -0.437 e. The van der Waals surface area contributed by atoms with Gasteiger partial charge in [0.25, 0.3) is 0 Å². The number of benzene rings is 3. The van der Waals surface area contributed by atoms with Crippen LogP contribution in [0.5, 0.6) is 0 Å². The van der Waals surface area contributed by atoms with E-state index in [2.05, 4.69) is 27.9 Å². The average molecular weight is 407 g/mol. The van der Waals surface area contributed by atoms with Crippen LogP contribution in [0.4, 0.5) is 4.39 Å². The Morgan fingerprint density at radius 3 is 2.58 bits per heavy atom. The first-order valence-corrected chi connectivity index (χ1v) is 10.1. The van der Waals surface area contributed by atoms with E-state index < -0.39 is 0 Å². The first-order chi connectivity index (χ1) is 15.0. The molecule has 3 aromatic heterocycles. The van der Waals surface area contributed by atoms with Crippen molar-refractivity contribution in [1.29, 1.82) is 0 Å². The molecule has 0 radical (unpaired) electrons. The monoisotopic (exact) mass is 407 g/mol. The first kappa shape index (κ1) is 18.0. The van der Waals surface area contributed by atoms with E-state index in [1.54, 1.807) is 26.4 Å². The van der Waals surface area contributed by atoms with Gasteiger partial charge in [-0.1, -0.05) is 12.1 Å². The lowest BCUT2D eigenvalue weighted by Crippen LogP contribution is -1.95. The van der Waals surface area contributed by atoms with Crippen LogP contribution in [0, 0.1) is 26.6 Å². The molecule has 0 saturated carbocycles. The van der Waals surface area contributed by atoms with Crippen molar-refractivity contribution < 1.29 is 8.81 Å². The maximum atomic E-state index is 14.7. The number of hydrogen-bond donors (Lipinski definition) is 0. The van der Waals surface area contributed by atoms with Crippen LogP contribution in [-0.2, 0) is 0 Å². The summed E-state index contributed by atoms with van der Waals surface area (Å²) in [6, 6.07) is 13.9. The summed E-state index contributed by atoms with van der Waals surface area (Å²) in [5, 5.41) is 4.66. The molecule has 3 heterocycles. The van der Waals surface area contributed by atoms with E-state index in [0.717, 1.165) is 54.9 Å². The van der Waals surface area contributed by atoms with E-state index in [-0.39, 0.29) is 5.82 Å². The van der Waals surface area contributed by atoms with E-state index in [4.69, 9.17) is 4.42 Å². The van der Waals surface area contributed by atoms with Crippen molar-refractivity contribution >= 4 is 43.7 Å². The summed E-state index contributed by atoms with van der Waals surface area (Å²) in [4.78, 5) is 13.6. The van der Waals surface area contributed by atoms with Gasteiger partial charge in [0.05, 0.1) is 11.2 Å². The molecule has 0 bridgehead atoms. The van der Waals surface area contributed by atoms with E-state index in [1.165, 1.54) is 0 Å². The lowest BCUT2D eigenvalue weighted by atomic mass is 9.96. The third-order valence-corrected chi connectivity index (χ3v) is 6.12. The van der Waals surface area contributed by atoms with Crippen molar-refractivity contribution in [3.63, 3.8) is 0 Å². The quantitative estimate of drug-likeness (QED) is 0.281. The van der Waals surface area contributed by atoms with Crippen LogP contribution in [-0.4, -0.2) is 15.0 Å². The number of aromatic nitrogens is 3. The zero-order valence-electron chi connectivity index (χ0n) is 17.3. The second-order valence-corrected chi connectivity index (χ2v) is 8.01. The Kier molecular flexibility index (Phi) is 3.66. The lowest BCUT2D eigenvalue weighted by Gasteiger charge is -2.12. The van der Waals surface area contributed by atoms with Gasteiger partial charge in [-0.15, -0.1) is 0 Å². The minimum atomic E-state index is -0.193. The molecule has 0 fully saturated rings. The second-order valence-electron chi connectivity index (χ2n) is 8.01. The molecule has 0 aliphatic rings. The SMILES string of the molecule is Cc1cc2ccc3c(-c4ccc(C)c5c4oc4ncccc45)ncnc3c2c(C)c1F. The van der Waals surface area contributed by atoms with Crippen molar-refractivity contribution in [3.05, 3.63) is 77.5 Å². The molecule has 3 aromatic carbocycles. The molecular formula is C26H18FN3O. The van der Waals surface area contributed by atoms with Gasteiger partial charge < -0.3 is 4.42 Å². The van der Waals surface area contributed by atoms with Crippen molar-refractivity contribution in [3.8, 4) is 11.3 Å². The van der Waals surface area contributed by atoms with Crippen LogP contribution in [0.3, 0.4) is 0 Å². The molecule has 6 aromatic rings. The van der Waals surface area contributed by atoms with Gasteiger partial charge in [-0.05, 0) is 73.2 Å². The Hall–Kier alpha value is -3.86. The van der Waals surface area contributed by atoms with Gasteiger partial charge in [0, 0.05) is 33.3 Å². The molecule has 0 atom stereocenters. The second kappa shape index (κ2) is 6.32. The highest BCUT2D eigenvalue weighted by Crippen LogP contribution is 2.39. The molecule has 0 aliphatic heterocycles. The summed E-state index contributed by atoms with van der Waals surface area (Å²) < 4.78 is 20.9. The third kappa shape index (κ3) is 2.43. The molecule has 6 rings (SSSR count). The number of aryl methyl sites for hydroxylation is 3. The Bertz CT molecular complexity index is 1680. The molecule has 150 valence electrons. The van der Waals surface area contributed by atoms with E-state index in [9.17, 15) is 4.39 Å². The van der Waals surface area contributed by atoms with Crippen LogP contribution in [0.15, 0.2) is 59.4 Å².